The molecular formula is C32H41ClN2O5. The van der Waals surface area contributed by atoms with E-state index in [1.807, 2.05) is 53.4 Å². The number of nitrogens with zero attached hydrogens (tertiary/aromatic N) is 2. The topological polar surface area (TPSA) is 60.5 Å². The first-order valence-corrected chi connectivity index (χ1v) is 13.5. The molecule has 0 radical (unpaired) electrons. The summed E-state index contributed by atoms with van der Waals surface area (Å²) in [6.45, 7) is 3.80. The Morgan fingerprint density at radius 3 is 2.23 bits per heavy atom. The van der Waals surface area contributed by atoms with Crippen molar-refractivity contribution in [2.75, 3.05) is 54.6 Å². The fourth-order valence-corrected chi connectivity index (χ4v) is 4.94. The van der Waals surface area contributed by atoms with E-state index < -0.39 is 0 Å². The smallest absolute Gasteiger partial charge is 0.227 e. The Balaban J connectivity index is 0.00000441. The summed E-state index contributed by atoms with van der Waals surface area (Å²) in [5.41, 5.74) is 4.49. The summed E-state index contributed by atoms with van der Waals surface area (Å²) < 4.78 is 22.5. The van der Waals surface area contributed by atoms with Crippen LogP contribution in [0.5, 0.6) is 23.0 Å². The first-order chi connectivity index (χ1) is 19.0. The predicted octanol–water partition coefficient (Wildman–Crippen LogP) is 5.21. The van der Waals surface area contributed by atoms with Crippen LogP contribution in [0.25, 0.3) is 0 Å². The lowest BCUT2D eigenvalue weighted by Crippen LogP contribution is -2.35. The highest BCUT2D eigenvalue weighted by molar-refractivity contribution is 5.85. The van der Waals surface area contributed by atoms with Crippen LogP contribution < -0.4 is 18.9 Å². The normalized spacial score (nSPS) is 12.8. The molecule has 0 saturated carbocycles. The molecule has 0 N–H and O–H groups in total. The van der Waals surface area contributed by atoms with Gasteiger partial charge in [0.2, 0.25) is 5.91 Å². The number of halogens is 1. The van der Waals surface area contributed by atoms with Crippen molar-refractivity contribution in [2.45, 2.75) is 32.3 Å². The molecule has 3 aromatic rings. The van der Waals surface area contributed by atoms with Crippen molar-refractivity contribution >= 4 is 18.3 Å². The molecule has 216 valence electrons. The number of carbonyl (C=O) groups excluding carboxylic acids is 1. The maximum atomic E-state index is 13.1. The first-order valence-electron chi connectivity index (χ1n) is 13.5. The molecule has 0 unspecified atom stereocenters. The minimum Gasteiger partial charge on any atom is -0.493 e. The van der Waals surface area contributed by atoms with Gasteiger partial charge < -0.3 is 28.7 Å². The number of methoxy groups -OCH3 is 3. The van der Waals surface area contributed by atoms with Gasteiger partial charge in [-0.15, -0.1) is 12.4 Å². The molecule has 7 nitrogen and oxygen atoms in total. The number of carbonyl (C=O) groups is 1. The Labute approximate surface area is 244 Å². The summed E-state index contributed by atoms with van der Waals surface area (Å²) in [4.78, 5) is 17.4. The van der Waals surface area contributed by atoms with E-state index in [0.717, 1.165) is 72.8 Å². The number of likely N-dealkylation sites (N-methyl/N-ethyl adjacent to an activating group) is 1. The van der Waals surface area contributed by atoms with Crippen molar-refractivity contribution in [2.24, 2.45) is 0 Å². The largest absolute Gasteiger partial charge is 0.493 e. The van der Waals surface area contributed by atoms with Crippen LogP contribution in [-0.2, 0) is 30.7 Å². The number of benzene rings is 3. The van der Waals surface area contributed by atoms with Crippen molar-refractivity contribution in [1.29, 1.82) is 0 Å². The molecule has 0 saturated heterocycles. The third kappa shape index (κ3) is 8.29. The van der Waals surface area contributed by atoms with Gasteiger partial charge in [0.25, 0.3) is 0 Å². The van der Waals surface area contributed by atoms with Crippen LogP contribution in [0.1, 0.15) is 28.7 Å². The van der Waals surface area contributed by atoms with Crippen molar-refractivity contribution < 1.29 is 23.7 Å². The Morgan fingerprint density at radius 1 is 0.800 bits per heavy atom. The lowest BCUT2D eigenvalue weighted by atomic mass is 10.0. The summed E-state index contributed by atoms with van der Waals surface area (Å²) >= 11 is 0. The molecule has 0 spiro atoms. The first kappa shape index (κ1) is 31.1. The molecule has 0 bridgehead atoms. The van der Waals surface area contributed by atoms with Crippen LogP contribution in [-0.4, -0.2) is 70.3 Å². The summed E-state index contributed by atoms with van der Waals surface area (Å²) in [6.07, 6.45) is 3.05. The molecule has 0 atom stereocenters. The summed E-state index contributed by atoms with van der Waals surface area (Å²) in [5.74, 6) is 3.06. The molecule has 40 heavy (non-hydrogen) atoms. The Kier molecular flexibility index (Phi) is 12.0. The highest BCUT2D eigenvalue weighted by Gasteiger charge is 2.23. The Bertz CT molecular complexity index is 1240. The molecule has 1 heterocycles. The van der Waals surface area contributed by atoms with Gasteiger partial charge in [0.15, 0.2) is 23.0 Å². The standard InChI is InChI=1S/C32H40N2O5.ClH/c1-33(17-13-24-11-12-28(36-2)29(19-24)37-3)15-8-16-34-18-14-26-20-31(39-23-25-9-6-5-7-10-25)30(38-4)21-27(26)22-32(34)35;/h5-7,9-12,19-21H,8,13-18,22-23H2,1-4H3;1H. The van der Waals surface area contributed by atoms with Crippen LogP contribution in [0, 0.1) is 0 Å². The maximum Gasteiger partial charge on any atom is 0.227 e. The SMILES string of the molecule is COc1ccc(CCN(C)CCCN2CCc3cc(OCc4ccccc4)c(OC)cc3CC2=O)cc1OC.Cl. The molecule has 0 fully saturated rings. The Hall–Kier alpha value is -3.42. The fraction of sp³-hybridized carbons (Fsp3) is 0.406. The van der Waals surface area contributed by atoms with Gasteiger partial charge in [-0.05, 0) is 79.4 Å². The number of rotatable bonds is 13. The van der Waals surface area contributed by atoms with E-state index in [0.29, 0.717) is 25.3 Å². The van der Waals surface area contributed by atoms with E-state index in [1.54, 1.807) is 21.3 Å². The molecule has 1 amide bonds. The monoisotopic (exact) mass is 568 g/mol. The van der Waals surface area contributed by atoms with Gasteiger partial charge in [-0.1, -0.05) is 36.4 Å². The number of amides is 1. The highest BCUT2D eigenvalue weighted by Crippen LogP contribution is 2.33. The highest BCUT2D eigenvalue weighted by atomic mass is 35.5. The molecule has 1 aliphatic heterocycles. The molecule has 3 aromatic carbocycles. The quantitative estimate of drug-likeness (QED) is 0.282. The van der Waals surface area contributed by atoms with E-state index in [1.165, 1.54) is 5.56 Å². The van der Waals surface area contributed by atoms with Gasteiger partial charge in [-0.25, -0.2) is 0 Å². The van der Waals surface area contributed by atoms with E-state index in [4.69, 9.17) is 18.9 Å². The van der Waals surface area contributed by atoms with Crippen LogP contribution in [0.4, 0.5) is 0 Å². The van der Waals surface area contributed by atoms with Crippen LogP contribution >= 0.6 is 12.4 Å². The van der Waals surface area contributed by atoms with Crippen molar-refractivity contribution in [3.63, 3.8) is 0 Å². The molecular weight excluding hydrogens is 528 g/mol. The number of hydrogen-bond acceptors (Lipinski definition) is 6. The molecule has 0 aromatic heterocycles. The lowest BCUT2D eigenvalue weighted by Gasteiger charge is -2.23. The Morgan fingerprint density at radius 2 is 1.50 bits per heavy atom. The van der Waals surface area contributed by atoms with Crippen molar-refractivity contribution in [3.8, 4) is 23.0 Å². The zero-order valence-electron chi connectivity index (χ0n) is 24.0. The van der Waals surface area contributed by atoms with Crippen LogP contribution in [0.3, 0.4) is 0 Å². The zero-order valence-corrected chi connectivity index (χ0v) is 24.8. The summed E-state index contributed by atoms with van der Waals surface area (Å²) in [7, 11) is 7.08. The second kappa shape index (κ2) is 15.4. The fourth-order valence-electron chi connectivity index (χ4n) is 4.94. The molecule has 0 aliphatic carbocycles. The third-order valence-corrected chi connectivity index (χ3v) is 7.27. The number of hydrogen-bond donors (Lipinski definition) is 0. The van der Waals surface area contributed by atoms with Gasteiger partial charge in [-0.2, -0.15) is 0 Å². The van der Waals surface area contributed by atoms with Gasteiger partial charge in [0, 0.05) is 19.6 Å². The van der Waals surface area contributed by atoms with Gasteiger partial charge in [-0.3, -0.25) is 4.79 Å². The minimum absolute atomic E-state index is 0. The maximum absolute atomic E-state index is 13.1. The average molecular weight is 569 g/mol. The van der Waals surface area contributed by atoms with Crippen LogP contribution in [0.2, 0.25) is 0 Å². The number of ether oxygens (including phenoxy) is 4. The van der Waals surface area contributed by atoms with Crippen LogP contribution in [0.15, 0.2) is 60.7 Å². The molecule has 4 rings (SSSR count). The van der Waals surface area contributed by atoms with E-state index in [-0.39, 0.29) is 18.3 Å². The average Bonchev–Trinajstić information content (AvgIpc) is 3.12. The summed E-state index contributed by atoms with van der Waals surface area (Å²) in [6, 6.07) is 20.2. The minimum atomic E-state index is 0. The third-order valence-electron chi connectivity index (χ3n) is 7.27. The summed E-state index contributed by atoms with van der Waals surface area (Å²) in [5, 5.41) is 0. The molecule has 8 heteroatoms. The second-order valence-electron chi connectivity index (χ2n) is 9.95. The van der Waals surface area contributed by atoms with E-state index >= 15 is 0 Å². The molecule has 1 aliphatic rings. The predicted molar refractivity (Wildman–Crippen MR) is 160 cm³/mol. The lowest BCUT2D eigenvalue weighted by molar-refractivity contribution is -0.130. The zero-order chi connectivity index (χ0) is 27.6. The van der Waals surface area contributed by atoms with Crippen molar-refractivity contribution in [3.05, 3.63) is 82.9 Å². The van der Waals surface area contributed by atoms with E-state index in [2.05, 4.69) is 24.1 Å². The van der Waals surface area contributed by atoms with Gasteiger partial charge in [0.05, 0.1) is 27.8 Å². The van der Waals surface area contributed by atoms with Gasteiger partial charge in [0.1, 0.15) is 6.61 Å². The van der Waals surface area contributed by atoms with Gasteiger partial charge >= 0.3 is 0 Å². The second-order valence-corrected chi connectivity index (χ2v) is 9.95. The number of fused-ring (bicyclic) bond motifs is 1. The van der Waals surface area contributed by atoms with Crippen molar-refractivity contribution in [1.82, 2.24) is 9.80 Å². The van der Waals surface area contributed by atoms with E-state index in [9.17, 15) is 4.79 Å².